The number of amides is 1. The van der Waals surface area contributed by atoms with E-state index in [4.69, 9.17) is 5.73 Å². The van der Waals surface area contributed by atoms with Crippen molar-refractivity contribution >= 4 is 28.8 Å². The summed E-state index contributed by atoms with van der Waals surface area (Å²) in [5.41, 5.74) is 3.75. The molecular formula is C28H36N4O7. The number of phenols is 1. The molecule has 0 aromatic heterocycles. The van der Waals surface area contributed by atoms with Crippen molar-refractivity contribution in [2.24, 2.45) is 17.6 Å². The van der Waals surface area contributed by atoms with Crippen LogP contribution in [0.3, 0.4) is 0 Å². The Hall–Kier alpha value is -3.57. The number of hydrogen-bond donors (Lipinski definition) is 5. The number of nitrogens with two attached hydrogens (primary N) is 1. The van der Waals surface area contributed by atoms with E-state index in [0.29, 0.717) is 11.3 Å². The van der Waals surface area contributed by atoms with Gasteiger partial charge < -0.3 is 36.0 Å². The van der Waals surface area contributed by atoms with Crippen molar-refractivity contribution in [2.45, 2.75) is 43.7 Å². The molecule has 1 aromatic carbocycles. The molecule has 4 unspecified atom stereocenters. The third-order valence-electron chi connectivity index (χ3n) is 8.86. The molecule has 1 amide bonds. The minimum atomic E-state index is -2.64. The summed E-state index contributed by atoms with van der Waals surface area (Å²) < 4.78 is 0. The summed E-state index contributed by atoms with van der Waals surface area (Å²) in [7, 11) is 6.93. The summed E-state index contributed by atoms with van der Waals surface area (Å²) in [5.74, 6) is -6.41. The number of likely N-dealkylation sites (N-methyl/N-ethyl adjacent to an activating group) is 1. The van der Waals surface area contributed by atoms with E-state index in [2.05, 4.69) is 0 Å². The van der Waals surface area contributed by atoms with Gasteiger partial charge in [-0.25, -0.2) is 0 Å². The van der Waals surface area contributed by atoms with Crippen LogP contribution in [0.2, 0.25) is 0 Å². The molecule has 0 bridgehead atoms. The smallest absolute Gasteiger partial charge is 0.255 e. The Bertz CT molecular complexity index is 1340. The van der Waals surface area contributed by atoms with Crippen LogP contribution in [0.15, 0.2) is 28.7 Å². The number of piperidine rings is 1. The molecule has 3 aliphatic carbocycles. The molecular weight excluding hydrogens is 504 g/mol. The van der Waals surface area contributed by atoms with Crippen LogP contribution >= 0.6 is 0 Å². The van der Waals surface area contributed by atoms with Gasteiger partial charge in [0.1, 0.15) is 22.8 Å². The predicted octanol–water partition coefficient (Wildman–Crippen LogP) is 1.18. The summed E-state index contributed by atoms with van der Waals surface area (Å²) in [6.45, 7) is 1.47. The molecule has 4 aliphatic rings. The van der Waals surface area contributed by atoms with Crippen molar-refractivity contribution in [3.8, 4) is 5.75 Å². The molecule has 0 spiro atoms. The SMILES string of the molecule is CN(C)c1cc(N2CCCCC2)c(O)c2c1CC1CC3C(N(C)C)C(O)=C(C(N)=O)C(=O)C3(O)C(O)=C1C2=O. The molecule has 1 aliphatic heterocycles. The third-order valence-corrected chi connectivity index (χ3v) is 8.86. The van der Waals surface area contributed by atoms with E-state index in [-0.39, 0.29) is 29.7 Å². The number of carbonyl (C=O) groups is 3. The van der Waals surface area contributed by atoms with E-state index in [1.807, 2.05) is 30.0 Å². The topological polar surface area (TPSA) is 168 Å². The van der Waals surface area contributed by atoms with Crippen LogP contribution in [-0.2, 0) is 16.0 Å². The van der Waals surface area contributed by atoms with Gasteiger partial charge in [-0.1, -0.05) is 0 Å². The molecule has 39 heavy (non-hydrogen) atoms. The van der Waals surface area contributed by atoms with Crippen LogP contribution in [0.5, 0.6) is 5.75 Å². The number of hydrogen-bond acceptors (Lipinski definition) is 10. The van der Waals surface area contributed by atoms with Gasteiger partial charge >= 0.3 is 0 Å². The fraction of sp³-hybridized carbons (Fsp3) is 0.536. The van der Waals surface area contributed by atoms with Crippen LogP contribution in [0, 0.1) is 11.8 Å². The molecule has 1 aromatic rings. The molecule has 11 heteroatoms. The lowest BCUT2D eigenvalue weighted by atomic mass is 9.58. The molecule has 210 valence electrons. The number of primary amides is 1. The Morgan fingerprint density at radius 1 is 1.08 bits per heavy atom. The summed E-state index contributed by atoms with van der Waals surface area (Å²) >= 11 is 0. The highest BCUT2D eigenvalue weighted by atomic mass is 16.3. The highest BCUT2D eigenvalue weighted by molar-refractivity contribution is 6.25. The lowest BCUT2D eigenvalue weighted by molar-refractivity contribution is -0.148. The number of aliphatic hydroxyl groups excluding tert-OH is 2. The van der Waals surface area contributed by atoms with Crippen molar-refractivity contribution in [2.75, 3.05) is 51.1 Å². The second-order valence-electron chi connectivity index (χ2n) is 11.5. The second-order valence-corrected chi connectivity index (χ2v) is 11.5. The average molecular weight is 541 g/mol. The van der Waals surface area contributed by atoms with Gasteiger partial charge in [0.25, 0.3) is 5.91 Å². The maximum atomic E-state index is 14.1. The van der Waals surface area contributed by atoms with Crippen LogP contribution in [-0.4, -0.2) is 95.7 Å². The Balaban J connectivity index is 1.72. The number of nitrogens with zero attached hydrogens (tertiary/aromatic N) is 3. The quantitative estimate of drug-likeness (QED) is 0.350. The number of benzene rings is 1. The standard InChI is InChI=1S/C28H36N4O7/c1-30(2)16-12-17(32-8-6-5-7-9-32)22(33)19-14(16)10-13-11-15-21(31(3)4)24(35)20(27(29)38)26(37)28(15,39)25(36)18(13)23(19)34/h12-13,15,21,33,35-36,39H,5-11H2,1-4H3,(H2,29,38). The average Bonchev–Trinajstić information content (AvgIpc) is 2.86. The first-order chi connectivity index (χ1) is 18.3. The van der Waals surface area contributed by atoms with Gasteiger partial charge in [0, 0.05) is 44.4 Å². The minimum Gasteiger partial charge on any atom is -0.510 e. The Morgan fingerprint density at radius 3 is 2.28 bits per heavy atom. The normalized spacial score (nSPS) is 28.9. The number of anilines is 2. The fourth-order valence-corrected chi connectivity index (χ4v) is 7.06. The van der Waals surface area contributed by atoms with Gasteiger partial charge in [-0.05, 0) is 63.7 Å². The first-order valence-electron chi connectivity index (χ1n) is 13.3. The lowest BCUT2D eigenvalue weighted by Gasteiger charge is -2.50. The number of ketones is 2. The summed E-state index contributed by atoms with van der Waals surface area (Å²) in [4.78, 5) is 45.2. The Labute approximate surface area is 226 Å². The number of carbonyl (C=O) groups excluding carboxylic acids is 3. The van der Waals surface area contributed by atoms with Crippen LogP contribution in [0.1, 0.15) is 41.6 Å². The molecule has 0 radical (unpaired) electrons. The van der Waals surface area contributed by atoms with E-state index in [1.165, 1.54) is 0 Å². The number of allylic oxidation sites excluding steroid dienone is 1. The van der Waals surface area contributed by atoms with E-state index >= 15 is 0 Å². The predicted molar refractivity (Wildman–Crippen MR) is 144 cm³/mol. The highest BCUT2D eigenvalue weighted by Crippen LogP contribution is 2.54. The van der Waals surface area contributed by atoms with Crippen molar-refractivity contribution in [1.29, 1.82) is 0 Å². The summed E-state index contributed by atoms with van der Waals surface area (Å²) in [5, 5.41) is 45.6. The van der Waals surface area contributed by atoms with Crippen LogP contribution < -0.4 is 15.5 Å². The van der Waals surface area contributed by atoms with Gasteiger partial charge in [0.05, 0.1) is 17.3 Å². The van der Waals surface area contributed by atoms with Gasteiger partial charge in [-0.2, -0.15) is 0 Å². The Morgan fingerprint density at radius 2 is 1.72 bits per heavy atom. The zero-order valence-electron chi connectivity index (χ0n) is 22.7. The monoisotopic (exact) mass is 540 g/mol. The molecule has 0 saturated carbocycles. The van der Waals surface area contributed by atoms with E-state index < -0.39 is 58.0 Å². The number of Topliss-reactive ketones (excluding diaryl/α,β-unsaturated/α-hetero) is 2. The zero-order chi connectivity index (χ0) is 28.5. The number of aromatic hydroxyl groups is 1. The first kappa shape index (κ1) is 27.0. The maximum Gasteiger partial charge on any atom is 0.255 e. The first-order valence-corrected chi connectivity index (χ1v) is 13.3. The number of rotatable bonds is 4. The molecule has 4 atom stereocenters. The van der Waals surface area contributed by atoms with E-state index in [9.17, 15) is 34.8 Å². The molecule has 5 rings (SSSR count). The third kappa shape index (κ3) is 3.74. The fourth-order valence-electron chi connectivity index (χ4n) is 7.06. The molecule has 6 N–H and O–H groups in total. The van der Waals surface area contributed by atoms with Gasteiger partial charge in [-0.15, -0.1) is 0 Å². The lowest BCUT2D eigenvalue weighted by Crippen LogP contribution is -2.63. The second kappa shape index (κ2) is 9.27. The highest BCUT2D eigenvalue weighted by Gasteiger charge is 2.63. The number of aliphatic hydroxyl groups is 3. The molecule has 1 heterocycles. The van der Waals surface area contributed by atoms with Crippen molar-refractivity contribution < 1.29 is 34.8 Å². The number of fused-ring (bicyclic) bond motifs is 3. The van der Waals surface area contributed by atoms with Crippen molar-refractivity contribution in [1.82, 2.24) is 4.90 Å². The summed E-state index contributed by atoms with van der Waals surface area (Å²) in [6, 6.07) is 0.875. The van der Waals surface area contributed by atoms with Gasteiger partial charge in [0.2, 0.25) is 5.78 Å². The maximum absolute atomic E-state index is 14.1. The molecule has 1 fully saturated rings. The van der Waals surface area contributed by atoms with Crippen LogP contribution in [0.25, 0.3) is 0 Å². The van der Waals surface area contributed by atoms with Crippen molar-refractivity contribution in [3.63, 3.8) is 0 Å². The zero-order valence-corrected chi connectivity index (χ0v) is 22.7. The van der Waals surface area contributed by atoms with Crippen molar-refractivity contribution in [3.05, 3.63) is 39.9 Å². The van der Waals surface area contributed by atoms with Gasteiger partial charge in [0.15, 0.2) is 11.4 Å². The largest absolute Gasteiger partial charge is 0.510 e. The molecule has 1 saturated heterocycles. The summed E-state index contributed by atoms with van der Waals surface area (Å²) in [6.07, 6.45) is 3.33. The van der Waals surface area contributed by atoms with E-state index in [1.54, 1.807) is 19.0 Å². The van der Waals surface area contributed by atoms with E-state index in [0.717, 1.165) is 38.0 Å². The van der Waals surface area contributed by atoms with Gasteiger partial charge in [-0.3, -0.25) is 19.3 Å². The van der Waals surface area contributed by atoms with Crippen LogP contribution in [0.4, 0.5) is 11.4 Å². The molecule has 11 nitrogen and oxygen atoms in total. The minimum absolute atomic E-state index is 0.0440. The Kier molecular flexibility index (Phi) is 6.42. The number of phenolic OH excluding ortho intramolecular Hbond substituents is 1.